The van der Waals surface area contributed by atoms with Crippen molar-refractivity contribution in [2.45, 2.75) is 6.42 Å². The fourth-order valence-electron chi connectivity index (χ4n) is 1.72. The van der Waals surface area contributed by atoms with Crippen LogP contribution in [-0.4, -0.2) is 4.92 Å². The zero-order chi connectivity index (χ0) is 13.7. The lowest BCUT2D eigenvalue weighted by Crippen LogP contribution is -2.02. The number of allylic oxidation sites excluding steroid dienone is 1. The molecule has 2 aromatic carbocycles. The quantitative estimate of drug-likeness (QED) is 0.619. The van der Waals surface area contributed by atoms with Crippen molar-refractivity contribution >= 4 is 6.08 Å². The molecule has 0 spiro atoms. The summed E-state index contributed by atoms with van der Waals surface area (Å²) in [7, 11) is 0. The number of benzene rings is 2. The van der Waals surface area contributed by atoms with Crippen LogP contribution >= 0.6 is 0 Å². The van der Waals surface area contributed by atoms with Crippen molar-refractivity contribution < 1.29 is 9.31 Å². The Morgan fingerprint density at radius 2 is 1.74 bits per heavy atom. The molecule has 0 N–H and O–H groups in total. The summed E-state index contributed by atoms with van der Waals surface area (Å²) in [5, 5.41) is 11.0. The molecule has 0 atom stereocenters. The van der Waals surface area contributed by atoms with Gasteiger partial charge in [-0.2, -0.15) is 0 Å². The van der Waals surface area contributed by atoms with Crippen LogP contribution in [0.15, 0.2) is 60.3 Å². The number of nitrogens with zero attached hydrogens (tertiary/aromatic N) is 1. The van der Waals surface area contributed by atoms with E-state index in [1.54, 1.807) is 0 Å². The van der Waals surface area contributed by atoms with E-state index in [-0.39, 0.29) is 17.9 Å². The molecule has 0 saturated heterocycles. The molecule has 0 heterocycles. The van der Waals surface area contributed by atoms with Gasteiger partial charge in [-0.3, -0.25) is 10.1 Å². The second kappa shape index (κ2) is 5.91. The Balaban J connectivity index is 2.25. The molecule has 0 aromatic heterocycles. The van der Waals surface area contributed by atoms with Crippen LogP contribution in [-0.2, 0) is 6.42 Å². The van der Waals surface area contributed by atoms with E-state index in [1.807, 2.05) is 30.3 Å². The molecule has 4 heteroatoms. The second-order valence-corrected chi connectivity index (χ2v) is 4.11. The first-order chi connectivity index (χ1) is 9.15. The largest absolute Gasteiger partial charge is 0.259 e. The highest BCUT2D eigenvalue weighted by Gasteiger charge is 2.11. The molecule has 0 unspecified atom stereocenters. The average molecular weight is 257 g/mol. The highest BCUT2D eigenvalue weighted by atomic mass is 19.1. The normalized spacial score (nSPS) is 11.3. The monoisotopic (exact) mass is 257 g/mol. The van der Waals surface area contributed by atoms with Crippen molar-refractivity contribution in [1.82, 2.24) is 0 Å². The molecule has 0 amide bonds. The van der Waals surface area contributed by atoms with E-state index in [1.165, 1.54) is 30.3 Å². The van der Waals surface area contributed by atoms with Gasteiger partial charge in [0.25, 0.3) is 5.70 Å². The summed E-state index contributed by atoms with van der Waals surface area (Å²) in [5.41, 5.74) is 1.56. The summed E-state index contributed by atoms with van der Waals surface area (Å²) in [6, 6.07) is 14.8. The summed E-state index contributed by atoms with van der Waals surface area (Å²) in [5.74, 6) is -0.358. The predicted octanol–water partition coefficient (Wildman–Crippen LogP) is 3.69. The summed E-state index contributed by atoms with van der Waals surface area (Å²) >= 11 is 0. The maximum Gasteiger partial charge on any atom is 0.251 e. The maximum absolute atomic E-state index is 12.8. The van der Waals surface area contributed by atoms with E-state index in [0.29, 0.717) is 5.56 Å². The van der Waals surface area contributed by atoms with Gasteiger partial charge in [0.2, 0.25) is 0 Å². The van der Waals surface area contributed by atoms with E-state index in [0.717, 1.165) is 5.56 Å². The van der Waals surface area contributed by atoms with Crippen molar-refractivity contribution in [2.75, 3.05) is 0 Å². The molecule has 0 aliphatic heterocycles. The van der Waals surface area contributed by atoms with Crippen molar-refractivity contribution in [3.05, 3.63) is 87.4 Å². The van der Waals surface area contributed by atoms with Gasteiger partial charge >= 0.3 is 0 Å². The topological polar surface area (TPSA) is 43.1 Å². The molecule has 0 aliphatic carbocycles. The van der Waals surface area contributed by atoms with Crippen molar-refractivity contribution in [1.29, 1.82) is 0 Å². The fraction of sp³-hybridized carbons (Fsp3) is 0.0667. The molecule has 2 aromatic rings. The van der Waals surface area contributed by atoms with Crippen LogP contribution in [0, 0.1) is 15.9 Å². The molecule has 3 nitrogen and oxygen atoms in total. The predicted molar refractivity (Wildman–Crippen MR) is 71.5 cm³/mol. The summed E-state index contributed by atoms with van der Waals surface area (Å²) in [4.78, 5) is 10.6. The van der Waals surface area contributed by atoms with Gasteiger partial charge in [-0.05, 0) is 23.3 Å². The van der Waals surface area contributed by atoms with E-state index >= 15 is 0 Å². The van der Waals surface area contributed by atoms with Gasteiger partial charge < -0.3 is 0 Å². The molecular weight excluding hydrogens is 245 g/mol. The summed E-state index contributed by atoms with van der Waals surface area (Å²) < 4.78 is 12.8. The lowest BCUT2D eigenvalue weighted by atomic mass is 10.1. The number of hydrogen-bond donors (Lipinski definition) is 0. The minimum Gasteiger partial charge on any atom is -0.259 e. The Hall–Kier alpha value is -2.49. The smallest absolute Gasteiger partial charge is 0.251 e. The Bertz CT molecular complexity index is 591. The van der Waals surface area contributed by atoms with Gasteiger partial charge in [-0.25, -0.2) is 4.39 Å². The minimum absolute atomic E-state index is 0.0813. The summed E-state index contributed by atoms with van der Waals surface area (Å²) in [6.45, 7) is 0. The minimum atomic E-state index is -0.406. The number of rotatable bonds is 4. The summed E-state index contributed by atoms with van der Waals surface area (Å²) in [6.07, 6.45) is 1.71. The Morgan fingerprint density at radius 3 is 2.32 bits per heavy atom. The lowest BCUT2D eigenvalue weighted by molar-refractivity contribution is -0.425. The highest BCUT2D eigenvalue weighted by molar-refractivity contribution is 5.51. The van der Waals surface area contributed by atoms with Crippen LogP contribution in [0.25, 0.3) is 6.08 Å². The number of hydrogen-bond acceptors (Lipinski definition) is 2. The fourth-order valence-corrected chi connectivity index (χ4v) is 1.72. The average Bonchev–Trinajstić information content (AvgIpc) is 2.41. The molecule has 0 aliphatic rings. The SMILES string of the molecule is O=[N+]([O-])C(=Cc1ccc(F)cc1)Cc1ccccc1. The first-order valence-electron chi connectivity index (χ1n) is 5.79. The first kappa shape index (κ1) is 13.0. The van der Waals surface area contributed by atoms with E-state index in [2.05, 4.69) is 0 Å². The lowest BCUT2D eigenvalue weighted by Gasteiger charge is -2.00. The zero-order valence-electron chi connectivity index (χ0n) is 10.1. The molecule has 96 valence electrons. The first-order valence-corrected chi connectivity index (χ1v) is 5.79. The molecule has 0 saturated carbocycles. The molecule has 2 rings (SSSR count). The van der Waals surface area contributed by atoms with E-state index in [9.17, 15) is 14.5 Å². The van der Waals surface area contributed by atoms with Crippen LogP contribution in [0.3, 0.4) is 0 Å². The molecule has 19 heavy (non-hydrogen) atoms. The van der Waals surface area contributed by atoms with Crippen LogP contribution in [0.1, 0.15) is 11.1 Å². The van der Waals surface area contributed by atoms with Crippen LogP contribution in [0.5, 0.6) is 0 Å². The highest BCUT2D eigenvalue weighted by Crippen LogP contribution is 2.13. The van der Waals surface area contributed by atoms with Crippen LogP contribution < -0.4 is 0 Å². The van der Waals surface area contributed by atoms with Crippen LogP contribution in [0.2, 0.25) is 0 Å². The molecule has 0 bridgehead atoms. The molecular formula is C15H12FNO2. The Kier molecular flexibility index (Phi) is 4.03. The van der Waals surface area contributed by atoms with Gasteiger partial charge in [0, 0.05) is 6.08 Å². The Morgan fingerprint density at radius 1 is 1.11 bits per heavy atom. The number of halogens is 1. The molecule has 0 radical (unpaired) electrons. The van der Waals surface area contributed by atoms with Crippen molar-refractivity contribution in [2.24, 2.45) is 0 Å². The van der Waals surface area contributed by atoms with Gasteiger partial charge in [-0.1, -0.05) is 42.5 Å². The zero-order valence-corrected chi connectivity index (χ0v) is 10.1. The second-order valence-electron chi connectivity index (χ2n) is 4.11. The third kappa shape index (κ3) is 3.74. The third-order valence-corrected chi connectivity index (χ3v) is 2.67. The van der Waals surface area contributed by atoms with Crippen molar-refractivity contribution in [3.63, 3.8) is 0 Å². The third-order valence-electron chi connectivity index (χ3n) is 2.67. The van der Waals surface area contributed by atoms with Gasteiger partial charge in [0.15, 0.2) is 0 Å². The van der Waals surface area contributed by atoms with Gasteiger partial charge in [0.05, 0.1) is 11.3 Å². The standard InChI is InChI=1S/C15H12FNO2/c16-14-8-6-13(7-9-14)11-15(17(18)19)10-12-4-2-1-3-5-12/h1-9,11H,10H2. The van der Waals surface area contributed by atoms with E-state index < -0.39 is 4.92 Å². The Labute approximate surface area is 110 Å². The van der Waals surface area contributed by atoms with Gasteiger partial charge in [0.1, 0.15) is 5.82 Å². The maximum atomic E-state index is 12.8. The van der Waals surface area contributed by atoms with E-state index in [4.69, 9.17) is 0 Å². The molecule has 0 fully saturated rings. The van der Waals surface area contributed by atoms with Gasteiger partial charge in [-0.15, -0.1) is 0 Å². The van der Waals surface area contributed by atoms with Crippen molar-refractivity contribution in [3.8, 4) is 0 Å². The number of nitro groups is 1. The van der Waals surface area contributed by atoms with Crippen LogP contribution in [0.4, 0.5) is 4.39 Å².